The lowest BCUT2D eigenvalue weighted by Crippen LogP contribution is -2.38. The van der Waals surface area contributed by atoms with Crippen LogP contribution in [0.5, 0.6) is 5.75 Å². The quantitative estimate of drug-likeness (QED) is 0.864. The van der Waals surface area contributed by atoms with E-state index >= 15 is 0 Å². The van der Waals surface area contributed by atoms with Gasteiger partial charge in [-0.1, -0.05) is 12.1 Å². The number of rotatable bonds is 5. The molecule has 1 aliphatic heterocycles. The lowest BCUT2D eigenvalue weighted by atomic mass is 9.89. The van der Waals surface area contributed by atoms with Crippen molar-refractivity contribution in [1.82, 2.24) is 15.2 Å². The van der Waals surface area contributed by atoms with E-state index in [9.17, 15) is 9.59 Å². The maximum Gasteiger partial charge on any atom is 0.257 e. The summed E-state index contributed by atoms with van der Waals surface area (Å²) in [4.78, 5) is 31.8. The van der Waals surface area contributed by atoms with Crippen molar-refractivity contribution in [3.63, 3.8) is 0 Å². The second-order valence-corrected chi connectivity index (χ2v) is 7.01. The van der Waals surface area contributed by atoms with Crippen LogP contribution in [0.4, 0.5) is 0 Å². The zero-order chi connectivity index (χ0) is 20.1. The molecular formula is C22H27N3O3. The van der Waals surface area contributed by atoms with Crippen LogP contribution in [0.25, 0.3) is 0 Å². The number of para-hydroxylation sites is 1. The summed E-state index contributed by atoms with van der Waals surface area (Å²) in [5.74, 6) is 0.655. The summed E-state index contributed by atoms with van der Waals surface area (Å²) < 4.78 is 5.32. The normalized spacial score (nSPS) is 14.6. The molecule has 1 aromatic carbocycles. The summed E-state index contributed by atoms with van der Waals surface area (Å²) in [7, 11) is 1.57. The lowest BCUT2D eigenvalue weighted by Gasteiger charge is -2.32. The Morgan fingerprint density at radius 3 is 2.54 bits per heavy atom. The van der Waals surface area contributed by atoms with Crippen LogP contribution in [0, 0.1) is 6.92 Å². The number of piperidine rings is 1. The van der Waals surface area contributed by atoms with Crippen molar-refractivity contribution < 1.29 is 14.3 Å². The van der Waals surface area contributed by atoms with Gasteiger partial charge in [-0.3, -0.25) is 14.6 Å². The third kappa shape index (κ3) is 4.16. The number of likely N-dealkylation sites (tertiary alicyclic amines) is 1. The van der Waals surface area contributed by atoms with E-state index in [1.807, 2.05) is 43.0 Å². The summed E-state index contributed by atoms with van der Waals surface area (Å²) in [6.45, 7) is 5.68. The molecule has 0 radical (unpaired) electrons. The first kappa shape index (κ1) is 19.9. The van der Waals surface area contributed by atoms with Gasteiger partial charge < -0.3 is 15.0 Å². The molecule has 2 amide bonds. The number of amides is 2. The van der Waals surface area contributed by atoms with Gasteiger partial charge in [0.1, 0.15) is 5.75 Å². The van der Waals surface area contributed by atoms with Crippen LogP contribution in [-0.2, 0) is 0 Å². The molecule has 3 rings (SSSR count). The number of methoxy groups -OCH3 is 1. The fraction of sp³-hybridized carbons (Fsp3) is 0.409. The van der Waals surface area contributed by atoms with Crippen LogP contribution in [0.3, 0.4) is 0 Å². The molecule has 1 aliphatic rings. The molecule has 0 spiro atoms. The van der Waals surface area contributed by atoms with E-state index in [-0.39, 0.29) is 17.7 Å². The van der Waals surface area contributed by atoms with Gasteiger partial charge in [0.25, 0.3) is 11.8 Å². The molecule has 1 N–H and O–H groups in total. The Morgan fingerprint density at radius 2 is 1.86 bits per heavy atom. The highest BCUT2D eigenvalue weighted by molar-refractivity contribution is 5.97. The third-order valence-electron chi connectivity index (χ3n) is 5.15. The number of hydrogen-bond donors (Lipinski definition) is 1. The Balaban J connectivity index is 1.75. The first-order chi connectivity index (χ1) is 13.5. The predicted octanol–water partition coefficient (Wildman–Crippen LogP) is 3.17. The molecule has 0 bridgehead atoms. The maximum absolute atomic E-state index is 12.9. The standard InChI is InChI=1S/C22H27N3O3/c1-4-23-21(26)18-10-9-15(2)24-20(18)16-11-13-25(14-12-16)22(27)17-7-5-6-8-19(17)28-3/h5-10,16H,4,11-14H2,1-3H3,(H,23,26). The van der Waals surface area contributed by atoms with Gasteiger partial charge >= 0.3 is 0 Å². The predicted molar refractivity (Wildman–Crippen MR) is 108 cm³/mol. The van der Waals surface area contributed by atoms with Gasteiger partial charge in [-0.25, -0.2) is 0 Å². The fourth-order valence-electron chi connectivity index (χ4n) is 3.68. The van der Waals surface area contributed by atoms with Crippen molar-refractivity contribution in [2.45, 2.75) is 32.6 Å². The number of benzene rings is 1. The minimum absolute atomic E-state index is 0.0166. The molecule has 148 valence electrons. The summed E-state index contributed by atoms with van der Waals surface area (Å²) in [6, 6.07) is 11.0. The Bertz CT molecular complexity index is 858. The second-order valence-electron chi connectivity index (χ2n) is 7.01. The molecule has 28 heavy (non-hydrogen) atoms. The first-order valence-corrected chi connectivity index (χ1v) is 9.73. The van der Waals surface area contributed by atoms with E-state index in [2.05, 4.69) is 10.3 Å². The molecule has 6 heteroatoms. The zero-order valence-corrected chi connectivity index (χ0v) is 16.7. The number of aromatic nitrogens is 1. The highest BCUT2D eigenvalue weighted by Crippen LogP contribution is 2.31. The number of nitrogens with one attached hydrogen (secondary N) is 1. The molecule has 1 fully saturated rings. The van der Waals surface area contributed by atoms with Crippen LogP contribution < -0.4 is 10.1 Å². The summed E-state index contributed by atoms with van der Waals surface area (Å²) in [6.07, 6.45) is 1.56. The van der Waals surface area contributed by atoms with Gasteiger partial charge in [0.15, 0.2) is 0 Å². The Kier molecular flexibility index (Phi) is 6.29. The number of ether oxygens (including phenoxy) is 1. The van der Waals surface area contributed by atoms with Crippen molar-refractivity contribution in [3.05, 3.63) is 58.9 Å². The Labute approximate surface area is 165 Å². The highest BCUT2D eigenvalue weighted by Gasteiger charge is 2.29. The Morgan fingerprint density at radius 1 is 1.14 bits per heavy atom. The molecule has 0 atom stereocenters. The zero-order valence-electron chi connectivity index (χ0n) is 16.7. The van der Waals surface area contributed by atoms with Crippen molar-refractivity contribution in [2.24, 2.45) is 0 Å². The van der Waals surface area contributed by atoms with Crippen LogP contribution in [0.15, 0.2) is 36.4 Å². The molecule has 2 heterocycles. The second kappa shape index (κ2) is 8.87. The average molecular weight is 381 g/mol. The highest BCUT2D eigenvalue weighted by atomic mass is 16.5. The van der Waals surface area contributed by atoms with Gasteiger partial charge in [0, 0.05) is 31.2 Å². The minimum Gasteiger partial charge on any atom is -0.496 e. The van der Waals surface area contributed by atoms with Crippen molar-refractivity contribution in [1.29, 1.82) is 0 Å². The summed E-state index contributed by atoms with van der Waals surface area (Å²) in [5.41, 5.74) is 2.97. The number of aryl methyl sites for hydroxylation is 1. The number of pyridine rings is 1. The summed E-state index contributed by atoms with van der Waals surface area (Å²) >= 11 is 0. The van der Waals surface area contributed by atoms with E-state index in [0.717, 1.165) is 24.2 Å². The van der Waals surface area contributed by atoms with Crippen LogP contribution in [0.1, 0.15) is 57.8 Å². The molecule has 2 aromatic rings. The van der Waals surface area contributed by atoms with Gasteiger partial charge in [-0.2, -0.15) is 0 Å². The fourth-order valence-corrected chi connectivity index (χ4v) is 3.68. The van der Waals surface area contributed by atoms with Crippen LogP contribution >= 0.6 is 0 Å². The smallest absolute Gasteiger partial charge is 0.257 e. The van der Waals surface area contributed by atoms with E-state index in [1.54, 1.807) is 19.2 Å². The Hall–Kier alpha value is -2.89. The van der Waals surface area contributed by atoms with E-state index < -0.39 is 0 Å². The molecule has 0 unspecified atom stereocenters. The first-order valence-electron chi connectivity index (χ1n) is 9.73. The molecule has 1 saturated heterocycles. The monoisotopic (exact) mass is 381 g/mol. The SMILES string of the molecule is CCNC(=O)c1ccc(C)nc1C1CCN(C(=O)c2ccccc2OC)CC1. The van der Waals surface area contributed by atoms with Crippen molar-refractivity contribution in [3.8, 4) is 5.75 Å². The summed E-state index contributed by atoms with van der Waals surface area (Å²) in [5, 5.41) is 2.86. The van der Waals surface area contributed by atoms with Gasteiger partial charge in [0.2, 0.25) is 0 Å². The largest absolute Gasteiger partial charge is 0.496 e. The van der Waals surface area contributed by atoms with Crippen LogP contribution in [0.2, 0.25) is 0 Å². The van der Waals surface area contributed by atoms with E-state index in [4.69, 9.17) is 4.74 Å². The molecule has 1 aromatic heterocycles. The van der Waals surface area contributed by atoms with E-state index in [0.29, 0.717) is 36.5 Å². The lowest BCUT2D eigenvalue weighted by molar-refractivity contribution is 0.0707. The topological polar surface area (TPSA) is 71.5 Å². The van der Waals surface area contributed by atoms with E-state index in [1.165, 1.54) is 0 Å². The van der Waals surface area contributed by atoms with Gasteiger partial charge in [0.05, 0.1) is 23.9 Å². The van der Waals surface area contributed by atoms with Crippen molar-refractivity contribution >= 4 is 11.8 Å². The number of hydrogen-bond acceptors (Lipinski definition) is 4. The third-order valence-corrected chi connectivity index (χ3v) is 5.15. The van der Waals surface area contributed by atoms with Crippen LogP contribution in [-0.4, -0.2) is 48.4 Å². The van der Waals surface area contributed by atoms with Crippen molar-refractivity contribution in [2.75, 3.05) is 26.7 Å². The van der Waals surface area contributed by atoms with Gasteiger partial charge in [-0.05, 0) is 51.0 Å². The minimum atomic E-state index is -0.0856. The molecular weight excluding hydrogens is 354 g/mol. The number of nitrogens with zero attached hydrogens (tertiary/aromatic N) is 2. The molecule has 6 nitrogen and oxygen atoms in total. The van der Waals surface area contributed by atoms with Gasteiger partial charge in [-0.15, -0.1) is 0 Å². The number of carbonyl (C=O) groups excluding carboxylic acids is 2. The maximum atomic E-state index is 12.9. The number of carbonyl (C=O) groups is 2. The average Bonchev–Trinajstić information content (AvgIpc) is 2.73. The molecule has 0 saturated carbocycles. The molecule has 0 aliphatic carbocycles.